The van der Waals surface area contributed by atoms with E-state index in [0.29, 0.717) is 23.7 Å². The van der Waals surface area contributed by atoms with E-state index in [2.05, 4.69) is 48.3 Å². The summed E-state index contributed by atoms with van der Waals surface area (Å²) < 4.78 is 10.9. The minimum absolute atomic E-state index is 0.0143. The summed E-state index contributed by atoms with van der Waals surface area (Å²) in [6, 6.07) is 12.2. The van der Waals surface area contributed by atoms with Crippen molar-refractivity contribution in [2.24, 2.45) is 29.6 Å². The van der Waals surface area contributed by atoms with Gasteiger partial charge in [-0.1, -0.05) is 43.5 Å². The summed E-state index contributed by atoms with van der Waals surface area (Å²) in [5, 5.41) is 0. The zero-order valence-corrected chi connectivity index (χ0v) is 18.4. The maximum Gasteiger partial charge on any atom is 0.309 e. The van der Waals surface area contributed by atoms with Crippen LogP contribution in [0.4, 0.5) is 0 Å². The first-order valence-electron chi connectivity index (χ1n) is 11.6. The van der Waals surface area contributed by atoms with Gasteiger partial charge in [-0.2, -0.15) is 0 Å². The molecular formula is C27H31NO3. The van der Waals surface area contributed by atoms with Gasteiger partial charge in [0.25, 0.3) is 0 Å². The van der Waals surface area contributed by atoms with Gasteiger partial charge in [0.1, 0.15) is 11.9 Å². The van der Waals surface area contributed by atoms with Crippen molar-refractivity contribution in [3.8, 4) is 16.9 Å². The Balaban J connectivity index is 1.36. The Morgan fingerprint density at radius 1 is 1.06 bits per heavy atom. The summed E-state index contributed by atoms with van der Waals surface area (Å²) in [6.07, 6.45) is 12.6. The molecule has 2 saturated carbocycles. The maximum absolute atomic E-state index is 12.5. The van der Waals surface area contributed by atoms with Crippen molar-refractivity contribution in [3.63, 3.8) is 0 Å². The van der Waals surface area contributed by atoms with Crippen LogP contribution in [0.2, 0.25) is 0 Å². The number of benzene rings is 1. The average Bonchev–Trinajstić information content (AvgIpc) is 3.10. The Bertz CT molecular complexity index is 949. The highest BCUT2D eigenvalue weighted by Gasteiger charge is 2.53. The number of ether oxygens (including phenoxy) is 2. The average molecular weight is 418 g/mol. The smallest absolute Gasteiger partial charge is 0.309 e. The van der Waals surface area contributed by atoms with Crippen LogP contribution in [-0.2, 0) is 9.53 Å². The number of allylic oxidation sites excluding steroid dienone is 1. The van der Waals surface area contributed by atoms with Crippen LogP contribution in [0.3, 0.4) is 0 Å². The summed E-state index contributed by atoms with van der Waals surface area (Å²) in [7, 11) is 1.68. The van der Waals surface area contributed by atoms with Crippen molar-refractivity contribution >= 4 is 12.0 Å². The molecule has 1 aromatic heterocycles. The van der Waals surface area contributed by atoms with Gasteiger partial charge in [-0.25, -0.2) is 0 Å². The van der Waals surface area contributed by atoms with Crippen molar-refractivity contribution in [2.45, 2.75) is 45.1 Å². The predicted octanol–water partition coefficient (Wildman–Crippen LogP) is 5.77. The molecule has 31 heavy (non-hydrogen) atoms. The van der Waals surface area contributed by atoms with E-state index in [-0.39, 0.29) is 18.0 Å². The summed E-state index contributed by atoms with van der Waals surface area (Å²) >= 11 is 0. The fourth-order valence-electron chi connectivity index (χ4n) is 6.25. The van der Waals surface area contributed by atoms with E-state index in [1.807, 2.05) is 18.3 Å². The molecule has 2 aromatic rings. The molecule has 1 aliphatic heterocycles. The molecule has 3 aliphatic rings. The second-order valence-electron chi connectivity index (χ2n) is 9.41. The molecule has 1 saturated heterocycles. The van der Waals surface area contributed by atoms with Gasteiger partial charge in [0.05, 0.1) is 18.7 Å². The van der Waals surface area contributed by atoms with E-state index in [9.17, 15) is 4.79 Å². The Morgan fingerprint density at radius 2 is 1.84 bits per heavy atom. The second-order valence-corrected chi connectivity index (χ2v) is 9.41. The summed E-state index contributed by atoms with van der Waals surface area (Å²) in [5.41, 5.74) is 3.18. The highest BCUT2D eigenvalue weighted by atomic mass is 16.6. The second kappa shape index (κ2) is 8.49. The fraction of sp³-hybridized carbons (Fsp3) is 0.481. The van der Waals surface area contributed by atoms with E-state index in [1.165, 1.54) is 25.7 Å². The van der Waals surface area contributed by atoms with E-state index >= 15 is 0 Å². The van der Waals surface area contributed by atoms with Gasteiger partial charge in [-0.05, 0) is 67.4 Å². The molecule has 2 aliphatic carbocycles. The number of methoxy groups -OCH3 is 1. The molecule has 3 fully saturated rings. The minimum Gasteiger partial charge on any atom is -0.497 e. The molecule has 6 atom stereocenters. The first-order chi connectivity index (χ1) is 15.1. The Hall–Kier alpha value is -2.62. The monoisotopic (exact) mass is 417 g/mol. The summed E-state index contributed by atoms with van der Waals surface area (Å²) in [5.74, 6) is 2.99. The number of rotatable bonds is 4. The lowest BCUT2D eigenvalue weighted by Crippen LogP contribution is -2.42. The van der Waals surface area contributed by atoms with Crippen LogP contribution in [0.1, 0.15) is 44.7 Å². The number of cyclic esters (lactones) is 1. The molecular weight excluding hydrogens is 386 g/mol. The molecule has 2 heterocycles. The number of fused-ring (bicyclic) bond motifs is 2. The Morgan fingerprint density at radius 3 is 2.58 bits per heavy atom. The van der Waals surface area contributed by atoms with Gasteiger partial charge in [0.2, 0.25) is 0 Å². The summed E-state index contributed by atoms with van der Waals surface area (Å²) in [4.78, 5) is 17.1. The van der Waals surface area contributed by atoms with Crippen molar-refractivity contribution in [1.82, 2.24) is 4.98 Å². The van der Waals surface area contributed by atoms with Crippen LogP contribution in [0.25, 0.3) is 17.2 Å². The number of esters is 1. The number of hydrogen-bond donors (Lipinski definition) is 0. The highest BCUT2D eigenvalue weighted by molar-refractivity contribution is 5.75. The molecule has 1 aromatic carbocycles. The predicted molar refractivity (Wildman–Crippen MR) is 121 cm³/mol. The lowest BCUT2D eigenvalue weighted by Gasteiger charge is -2.45. The third-order valence-electron chi connectivity index (χ3n) is 7.77. The fourth-order valence-corrected chi connectivity index (χ4v) is 6.25. The molecule has 0 amide bonds. The molecule has 0 unspecified atom stereocenters. The van der Waals surface area contributed by atoms with Crippen molar-refractivity contribution in [3.05, 3.63) is 54.4 Å². The molecule has 4 heteroatoms. The van der Waals surface area contributed by atoms with Crippen molar-refractivity contribution in [1.29, 1.82) is 0 Å². The molecule has 4 nitrogen and oxygen atoms in total. The first-order valence-corrected chi connectivity index (χ1v) is 11.6. The summed E-state index contributed by atoms with van der Waals surface area (Å²) in [6.45, 7) is 2.08. The van der Waals surface area contributed by atoms with Gasteiger partial charge in [-0.3, -0.25) is 9.78 Å². The van der Waals surface area contributed by atoms with Crippen molar-refractivity contribution < 1.29 is 14.3 Å². The van der Waals surface area contributed by atoms with Crippen LogP contribution < -0.4 is 4.74 Å². The molecule has 0 N–H and O–H groups in total. The normalized spacial score (nSPS) is 32.4. The van der Waals surface area contributed by atoms with Crippen LogP contribution in [0.5, 0.6) is 5.75 Å². The molecule has 162 valence electrons. The minimum atomic E-state index is 0.0143. The molecule has 5 rings (SSSR count). The zero-order chi connectivity index (χ0) is 21.4. The number of carbonyl (C=O) groups is 1. The van der Waals surface area contributed by atoms with E-state index in [4.69, 9.17) is 9.47 Å². The van der Waals surface area contributed by atoms with Gasteiger partial charge in [0.15, 0.2) is 0 Å². The maximum atomic E-state index is 12.5. The molecule has 0 radical (unpaired) electrons. The van der Waals surface area contributed by atoms with Gasteiger partial charge in [-0.15, -0.1) is 0 Å². The van der Waals surface area contributed by atoms with E-state index in [0.717, 1.165) is 29.0 Å². The van der Waals surface area contributed by atoms with Crippen molar-refractivity contribution in [2.75, 3.05) is 7.11 Å². The lowest BCUT2D eigenvalue weighted by molar-refractivity contribution is -0.144. The quantitative estimate of drug-likeness (QED) is 0.592. The standard InChI is InChI=1S/C27H31NO3/c1-17-26-24(23-6-4-3-5-19(23)15-25(26)27(29)31-17)14-11-21-10-7-20(16-28-21)18-8-12-22(30-2)13-9-18/h7-14,16-17,19,23-26H,3-6,15H2,1-2H3/b14-11+/t17-,19+,23-,24+,25-,26+/m1/s1. The van der Waals surface area contributed by atoms with E-state index < -0.39 is 0 Å². The number of hydrogen-bond acceptors (Lipinski definition) is 4. The van der Waals surface area contributed by atoms with Crippen LogP contribution >= 0.6 is 0 Å². The van der Waals surface area contributed by atoms with Gasteiger partial charge in [0, 0.05) is 17.7 Å². The topological polar surface area (TPSA) is 48.4 Å². The zero-order valence-electron chi connectivity index (χ0n) is 18.4. The SMILES string of the molecule is COc1ccc(-c2ccc(/C=C/[C@H]3[C@@H]4CCCC[C@H]4C[C@H]4C(=O)O[C@H](C)[C@@H]34)nc2)cc1. The number of nitrogens with zero attached hydrogens (tertiary/aromatic N) is 1. The largest absolute Gasteiger partial charge is 0.497 e. The van der Waals surface area contributed by atoms with Gasteiger partial charge >= 0.3 is 5.97 Å². The molecule has 0 spiro atoms. The first kappa shape index (κ1) is 20.3. The third-order valence-corrected chi connectivity index (χ3v) is 7.77. The number of aromatic nitrogens is 1. The van der Waals surface area contributed by atoms with Crippen LogP contribution in [-0.4, -0.2) is 24.2 Å². The van der Waals surface area contributed by atoms with Crippen LogP contribution in [0, 0.1) is 29.6 Å². The third kappa shape index (κ3) is 3.88. The molecule has 0 bridgehead atoms. The van der Waals surface area contributed by atoms with Gasteiger partial charge < -0.3 is 9.47 Å². The number of carbonyl (C=O) groups excluding carboxylic acids is 1. The van der Waals surface area contributed by atoms with E-state index in [1.54, 1.807) is 7.11 Å². The Labute approximate surface area is 184 Å². The highest BCUT2D eigenvalue weighted by Crippen LogP contribution is 2.53. The Kier molecular flexibility index (Phi) is 5.56. The number of pyridine rings is 1. The van der Waals surface area contributed by atoms with Crippen LogP contribution in [0.15, 0.2) is 48.7 Å². The lowest BCUT2D eigenvalue weighted by atomic mass is 9.57.